The summed E-state index contributed by atoms with van der Waals surface area (Å²) in [6, 6.07) is 0. The first-order valence-electron chi connectivity index (χ1n) is 7.42. The number of thiocarbonyl (C=S) groups is 1. The van der Waals surface area contributed by atoms with Crippen molar-refractivity contribution in [1.82, 2.24) is 9.80 Å². The molecule has 1 amide bonds. The third kappa shape index (κ3) is 4.56. The molecule has 0 radical (unpaired) electrons. The fourth-order valence-corrected chi connectivity index (χ4v) is 6.68. The molecule has 2 heterocycles. The van der Waals surface area contributed by atoms with E-state index in [9.17, 15) is 19.5 Å². The summed E-state index contributed by atoms with van der Waals surface area (Å²) in [4.78, 5) is 38.2. The van der Waals surface area contributed by atoms with E-state index in [0.29, 0.717) is 13.8 Å². The Balaban J connectivity index is 2.28. The number of carboxylic acid groups (broad SMARTS) is 1. The van der Waals surface area contributed by atoms with Gasteiger partial charge in [0.2, 0.25) is 0 Å². The summed E-state index contributed by atoms with van der Waals surface area (Å²) in [5, 5.41) is 8.87. The topological polar surface area (TPSA) is 106 Å². The molecule has 26 heavy (non-hydrogen) atoms. The van der Waals surface area contributed by atoms with Crippen molar-refractivity contribution >= 4 is 61.1 Å². The van der Waals surface area contributed by atoms with Crippen molar-refractivity contribution in [2.24, 2.45) is 0 Å². The van der Waals surface area contributed by atoms with Crippen LogP contribution in [0.5, 0.6) is 0 Å². The molecule has 0 saturated carbocycles. The number of thioether (sulfide) groups is 1. The van der Waals surface area contributed by atoms with E-state index >= 15 is 0 Å². The van der Waals surface area contributed by atoms with Gasteiger partial charge in [-0.25, -0.2) is 0 Å². The molecule has 2 aliphatic rings. The molecule has 0 aromatic carbocycles. The number of carbonyl (C=O) groups excluding carboxylic acids is 2. The number of esters is 1. The van der Waals surface area contributed by atoms with Crippen molar-refractivity contribution in [1.29, 1.82) is 0 Å². The molecule has 0 aliphatic carbocycles. The second-order valence-corrected chi connectivity index (χ2v) is 9.09. The monoisotopic (exact) mass is 470 g/mol. The second kappa shape index (κ2) is 9.16. The van der Waals surface area contributed by atoms with Crippen molar-refractivity contribution in [3.8, 4) is 0 Å². The summed E-state index contributed by atoms with van der Waals surface area (Å²) in [5.41, 5.74) is 0. The Kier molecular flexibility index (Phi) is 7.44. The summed E-state index contributed by atoms with van der Waals surface area (Å²) < 4.78 is 16.6. The van der Waals surface area contributed by atoms with E-state index in [1.54, 1.807) is 0 Å². The van der Waals surface area contributed by atoms with Crippen molar-refractivity contribution in [2.45, 2.75) is 18.2 Å². The van der Waals surface area contributed by atoms with Crippen LogP contribution >= 0.6 is 24.0 Å². The van der Waals surface area contributed by atoms with E-state index in [1.807, 2.05) is 0 Å². The average molecular weight is 469 g/mol. The van der Waals surface area contributed by atoms with Crippen LogP contribution in [0, 0.1) is 0 Å². The van der Waals surface area contributed by atoms with Gasteiger partial charge in [0, 0.05) is 0 Å². The first-order valence-corrected chi connectivity index (χ1v) is 10.5. The molecule has 2 unspecified atom stereocenters. The minimum atomic E-state index is -1.04. The van der Waals surface area contributed by atoms with Crippen LogP contribution in [0.4, 0.5) is 0 Å². The molecule has 1 N–H and O–H groups in total. The molecule has 2 saturated heterocycles. The van der Waals surface area contributed by atoms with Crippen LogP contribution in [-0.4, -0.2) is 97.2 Å². The van der Waals surface area contributed by atoms with E-state index < -0.39 is 18.2 Å². The van der Waals surface area contributed by atoms with Gasteiger partial charge in [0.05, 0.1) is 0 Å². The standard InChI is InChI=1S/C14H18N2O7S2Se/c1-7(17)23-5-4-15-10(20)9(25-14(15)24)12-16(6-8(18)19)11(21-2)13(22-3)26-12/h11,13H,4-6H2,1-3H3,(H,18,19)/b12-9-. The third-order valence-electron chi connectivity index (χ3n) is 3.47. The number of carbonyl (C=O) groups is 3. The molecule has 2 aliphatic heterocycles. The van der Waals surface area contributed by atoms with Gasteiger partial charge in [-0.05, 0) is 0 Å². The van der Waals surface area contributed by atoms with Crippen molar-refractivity contribution in [3.63, 3.8) is 0 Å². The van der Waals surface area contributed by atoms with Crippen molar-refractivity contribution in [2.75, 3.05) is 33.9 Å². The van der Waals surface area contributed by atoms with E-state index in [1.165, 1.54) is 30.9 Å². The number of aliphatic carboxylic acids is 1. The Morgan fingerprint density at radius 2 is 2.04 bits per heavy atom. The van der Waals surface area contributed by atoms with Crippen LogP contribution in [0.1, 0.15) is 6.92 Å². The van der Waals surface area contributed by atoms with E-state index in [2.05, 4.69) is 0 Å². The SMILES string of the molecule is COC1[Se]/C(=C2\SC(=S)N(CCOC(C)=O)C2=O)N(CC(=O)O)C1OC. The average Bonchev–Trinajstić information content (AvgIpc) is 3.05. The van der Waals surface area contributed by atoms with Gasteiger partial charge in [0.25, 0.3) is 0 Å². The molecule has 9 nitrogen and oxygen atoms in total. The number of hydrogen-bond donors (Lipinski definition) is 1. The van der Waals surface area contributed by atoms with Gasteiger partial charge < -0.3 is 0 Å². The molecule has 12 heteroatoms. The number of methoxy groups -OCH3 is 2. The van der Waals surface area contributed by atoms with Crippen molar-refractivity contribution < 1.29 is 33.7 Å². The van der Waals surface area contributed by atoms with E-state index in [4.69, 9.17) is 26.4 Å². The number of nitrogens with zero attached hydrogens (tertiary/aromatic N) is 2. The Bertz CT molecular complexity index is 657. The summed E-state index contributed by atoms with van der Waals surface area (Å²) in [7, 11) is 2.99. The number of rotatable bonds is 7. The summed E-state index contributed by atoms with van der Waals surface area (Å²) in [5.74, 6) is -1.81. The third-order valence-corrected chi connectivity index (χ3v) is 7.97. The second-order valence-electron chi connectivity index (χ2n) is 5.17. The fraction of sp³-hybridized carbons (Fsp3) is 0.571. The maximum atomic E-state index is 12.8. The quantitative estimate of drug-likeness (QED) is 0.230. The molecule has 0 aromatic rings. The van der Waals surface area contributed by atoms with Crippen LogP contribution in [0.3, 0.4) is 0 Å². The molecule has 0 aromatic heterocycles. The zero-order valence-electron chi connectivity index (χ0n) is 14.3. The first kappa shape index (κ1) is 21.1. The Labute approximate surface area is 166 Å². The minimum absolute atomic E-state index is 0.0375. The first-order chi connectivity index (χ1) is 12.3. The van der Waals surface area contributed by atoms with Gasteiger partial charge >= 0.3 is 166 Å². The molecule has 0 spiro atoms. The zero-order valence-corrected chi connectivity index (χ0v) is 17.6. The molecule has 144 valence electrons. The fourth-order valence-electron chi connectivity index (χ4n) is 2.39. The van der Waals surface area contributed by atoms with Gasteiger partial charge in [-0.2, -0.15) is 0 Å². The van der Waals surface area contributed by atoms with Gasteiger partial charge in [-0.15, -0.1) is 0 Å². The van der Waals surface area contributed by atoms with Crippen LogP contribution in [0.25, 0.3) is 0 Å². The van der Waals surface area contributed by atoms with Crippen molar-refractivity contribution in [3.05, 3.63) is 9.50 Å². The summed E-state index contributed by atoms with van der Waals surface area (Å²) in [6.07, 6.45) is -0.587. The van der Waals surface area contributed by atoms with Crippen LogP contribution in [0.2, 0.25) is 0 Å². The van der Waals surface area contributed by atoms with E-state index in [0.717, 1.165) is 11.8 Å². The van der Waals surface area contributed by atoms with Crippen LogP contribution < -0.4 is 0 Å². The molecule has 0 bridgehead atoms. The van der Waals surface area contributed by atoms with Gasteiger partial charge in [0.15, 0.2) is 0 Å². The van der Waals surface area contributed by atoms with Gasteiger partial charge in [-0.3, -0.25) is 0 Å². The maximum absolute atomic E-state index is 12.8. The molecule has 2 rings (SSSR count). The van der Waals surface area contributed by atoms with Crippen LogP contribution in [-0.2, 0) is 28.6 Å². The molecule has 2 atom stereocenters. The predicted octanol–water partition coefficient (Wildman–Crippen LogP) is -0.372. The normalized spacial score (nSPS) is 26.0. The molecule has 2 fully saturated rings. The molecular formula is C14H18N2O7S2Se. The number of ether oxygens (including phenoxy) is 3. The zero-order chi connectivity index (χ0) is 19.4. The number of amides is 1. The predicted molar refractivity (Wildman–Crippen MR) is 97.3 cm³/mol. The Hall–Kier alpha value is -1.17. The van der Waals surface area contributed by atoms with Gasteiger partial charge in [-0.1, -0.05) is 0 Å². The van der Waals surface area contributed by atoms with Crippen LogP contribution in [0.15, 0.2) is 9.50 Å². The Morgan fingerprint density at radius 3 is 2.58 bits per heavy atom. The Morgan fingerprint density at radius 1 is 1.35 bits per heavy atom. The summed E-state index contributed by atoms with van der Waals surface area (Å²) >= 11 is 6.04. The number of hydrogen-bond acceptors (Lipinski definition) is 9. The number of carboxylic acids is 1. The molecular weight excluding hydrogens is 451 g/mol. The van der Waals surface area contributed by atoms with E-state index in [-0.39, 0.29) is 45.6 Å². The summed E-state index contributed by atoms with van der Waals surface area (Å²) in [6.45, 7) is 1.16. The van der Waals surface area contributed by atoms with Gasteiger partial charge in [0.1, 0.15) is 0 Å².